The number of rotatable bonds is 23. The minimum absolute atomic E-state index is 0.276. The van der Waals surface area contributed by atoms with Crippen LogP contribution >= 0.6 is 0 Å². The Labute approximate surface area is 198 Å². The van der Waals surface area contributed by atoms with Crippen LogP contribution in [0.15, 0.2) is 0 Å². The molecule has 0 aromatic rings. The molecule has 0 aromatic carbocycles. The fraction of sp³-hybridized carbons (Fsp3) is 0.840. The molecule has 0 atom stereocenters. The van der Waals surface area contributed by atoms with E-state index in [9.17, 15) is 19.2 Å². The lowest BCUT2D eigenvalue weighted by Crippen LogP contribution is -1.94. The molecule has 0 aliphatic carbocycles. The molecule has 0 saturated carbocycles. The van der Waals surface area contributed by atoms with Gasteiger partial charge in [-0.2, -0.15) is 0 Å². The second kappa shape index (κ2) is 26.1. The van der Waals surface area contributed by atoms with Crippen molar-refractivity contribution in [2.75, 3.05) is 0 Å². The second-order valence-electron chi connectivity index (χ2n) is 8.59. The van der Waals surface area contributed by atoms with Crippen LogP contribution in [0, 0.1) is 0 Å². The molecule has 0 amide bonds. The number of carboxylic acid groups (broad SMARTS) is 4. The third kappa shape index (κ3) is 37.5. The fourth-order valence-corrected chi connectivity index (χ4v) is 3.40. The summed E-state index contributed by atoms with van der Waals surface area (Å²) in [5, 5.41) is 33.7. The molecule has 0 aromatic heterocycles. The fourth-order valence-electron chi connectivity index (χ4n) is 3.40. The molecule has 194 valence electrons. The Balaban J connectivity index is 0. The van der Waals surface area contributed by atoms with Gasteiger partial charge in [0.15, 0.2) is 0 Å². The highest BCUT2D eigenvalue weighted by Crippen LogP contribution is 2.12. The molecular weight excluding hydrogens is 428 g/mol. The van der Waals surface area contributed by atoms with Crippen LogP contribution in [0.5, 0.6) is 0 Å². The second-order valence-corrected chi connectivity index (χ2v) is 8.59. The molecule has 4 N–H and O–H groups in total. The van der Waals surface area contributed by atoms with Gasteiger partial charge in [-0.05, 0) is 25.7 Å². The molecular formula is C25H46O8. The summed E-state index contributed by atoms with van der Waals surface area (Å²) in [6.07, 6.45) is 18.4. The summed E-state index contributed by atoms with van der Waals surface area (Å²) < 4.78 is 0. The Kier molecular flexibility index (Phi) is 26.2. The minimum Gasteiger partial charge on any atom is -0.481 e. The highest BCUT2D eigenvalue weighted by molar-refractivity contribution is 5.67. The monoisotopic (exact) mass is 474 g/mol. The summed E-state index contributed by atoms with van der Waals surface area (Å²) in [5.41, 5.74) is 0. The van der Waals surface area contributed by atoms with Crippen molar-refractivity contribution in [1.29, 1.82) is 0 Å². The van der Waals surface area contributed by atoms with Crippen LogP contribution in [-0.4, -0.2) is 44.3 Å². The molecule has 0 aliphatic rings. The number of carboxylic acids is 4. The largest absolute Gasteiger partial charge is 0.481 e. The Morgan fingerprint density at radius 3 is 0.515 bits per heavy atom. The van der Waals surface area contributed by atoms with E-state index in [0.29, 0.717) is 0 Å². The lowest BCUT2D eigenvalue weighted by atomic mass is 10.1. The number of unbranched alkanes of at least 4 members (excludes halogenated alkanes) is 15. The predicted octanol–water partition coefficient (Wildman–Crippen LogP) is 6.50. The molecule has 0 saturated heterocycles. The smallest absolute Gasteiger partial charge is 0.303 e. The first-order chi connectivity index (χ1) is 15.8. The molecule has 0 bridgehead atoms. The molecule has 0 spiro atoms. The molecule has 33 heavy (non-hydrogen) atoms. The van der Waals surface area contributed by atoms with Crippen molar-refractivity contribution < 1.29 is 39.6 Å². The van der Waals surface area contributed by atoms with Crippen molar-refractivity contribution in [3.05, 3.63) is 0 Å². The number of carbonyl (C=O) groups is 4. The summed E-state index contributed by atoms with van der Waals surface area (Å²) in [6.45, 7) is 0. The van der Waals surface area contributed by atoms with Crippen molar-refractivity contribution in [2.45, 2.75) is 135 Å². The minimum atomic E-state index is -0.714. The summed E-state index contributed by atoms with van der Waals surface area (Å²) >= 11 is 0. The Hall–Kier alpha value is -2.12. The molecule has 0 aliphatic heterocycles. The zero-order chi connectivity index (χ0) is 25.2. The van der Waals surface area contributed by atoms with Gasteiger partial charge in [-0.1, -0.05) is 83.5 Å². The lowest BCUT2D eigenvalue weighted by molar-refractivity contribution is -0.138. The van der Waals surface area contributed by atoms with Crippen LogP contribution in [0.3, 0.4) is 0 Å². The zero-order valence-corrected chi connectivity index (χ0v) is 20.3. The van der Waals surface area contributed by atoms with Crippen LogP contribution in [0.4, 0.5) is 0 Å². The Morgan fingerprint density at radius 2 is 0.394 bits per heavy atom. The van der Waals surface area contributed by atoms with Gasteiger partial charge in [-0.25, -0.2) is 0 Å². The van der Waals surface area contributed by atoms with Crippen molar-refractivity contribution in [3.63, 3.8) is 0 Å². The van der Waals surface area contributed by atoms with Crippen LogP contribution < -0.4 is 0 Å². The van der Waals surface area contributed by atoms with E-state index < -0.39 is 23.9 Å². The summed E-state index contributed by atoms with van der Waals surface area (Å²) in [5.74, 6) is -2.84. The van der Waals surface area contributed by atoms with E-state index in [1.165, 1.54) is 19.3 Å². The van der Waals surface area contributed by atoms with E-state index in [-0.39, 0.29) is 25.7 Å². The van der Waals surface area contributed by atoms with Gasteiger partial charge in [0.05, 0.1) is 0 Å². The average molecular weight is 475 g/mol. The van der Waals surface area contributed by atoms with Crippen LogP contribution in [0.2, 0.25) is 0 Å². The van der Waals surface area contributed by atoms with Gasteiger partial charge in [0.25, 0.3) is 0 Å². The maximum atomic E-state index is 10.2. The van der Waals surface area contributed by atoms with Crippen LogP contribution in [-0.2, 0) is 19.2 Å². The number of hydrogen-bond acceptors (Lipinski definition) is 4. The van der Waals surface area contributed by atoms with Gasteiger partial charge in [0.1, 0.15) is 0 Å². The Morgan fingerprint density at radius 1 is 0.273 bits per heavy atom. The maximum Gasteiger partial charge on any atom is 0.303 e. The molecule has 8 heteroatoms. The molecule has 0 radical (unpaired) electrons. The van der Waals surface area contributed by atoms with Gasteiger partial charge in [0.2, 0.25) is 0 Å². The van der Waals surface area contributed by atoms with Crippen molar-refractivity contribution >= 4 is 23.9 Å². The maximum absolute atomic E-state index is 10.2. The highest BCUT2D eigenvalue weighted by Gasteiger charge is 1.99. The first-order valence-electron chi connectivity index (χ1n) is 12.6. The molecule has 0 rings (SSSR count). The average Bonchev–Trinajstić information content (AvgIpc) is 2.73. The highest BCUT2D eigenvalue weighted by atomic mass is 16.4. The first kappa shape index (κ1) is 33.1. The van der Waals surface area contributed by atoms with Gasteiger partial charge >= 0.3 is 23.9 Å². The Bertz CT molecular complexity index is 461. The third-order valence-electron chi connectivity index (χ3n) is 5.31. The molecule has 0 unspecified atom stereocenters. The van der Waals surface area contributed by atoms with Crippen LogP contribution in [0.25, 0.3) is 0 Å². The summed E-state index contributed by atoms with van der Waals surface area (Å²) in [4.78, 5) is 40.9. The van der Waals surface area contributed by atoms with Crippen LogP contribution in [0.1, 0.15) is 135 Å². The zero-order valence-electron chi connectivity index (χ0n) is 20.3. The summed E-state index contributed by atoms with van der Waals surface area (Å²) in [7, 11) is 0. The quantitative estimate of drug-likeness (QED) is 0.122. The number of aliphatic carboxylic acids is 4. The summed E-state index contributed by atoms with van der Waals surface area (Å²) in [6, 6.07) is 0. The van der Waals surface area contributed by atoms with Gasteiger partial charge < -0.3 is 20.4 Å². The lowest BCUT2D eigenvalue weighted by Gasteiger charge is -2.01. The van der Waals surface area contributed by atoms with Crippen molar-refractivity contribution in [3.8, 4) is 0 Å². The normalized spacial score (nSPS) is 10.3. The molecule has 0 fully saturated rings. The van der Waals surface area contributed by atoms with E-state index in [1.807, 2.05) is 0 Å². The number of hydrogen-bond donors (Lipinski definition) is 4. The molecule has 0 heterocycles. The molecule has 8 nitrogen and oxygen atoms in total. The van der Waals surface area contributed by atoms with E-state index in [2.05, 4.69) is 0 Å². The first-order valence-corrected chi connectivity index (χ1v) is 12.6. The predicted molar refractivity (Wildman–Crippen MR) is 128 cm³/mol. The van der Waals surface area contributed by atoms with E-state index in [4.69, 9.17) is 20.4 Å². The van der Waals surface area contributed by atoms with Gasteiger partial charge in [-0.15, -0.1) is 0 Å². The van der Waals surface area contributed by atoms with E-state index >= 15 is 0 Å². The SMILES string of the molecule is O=C(O)CCCCCCCCCCC(=O)O.O=C(O)CCCCCCCCCCCC(=O)O. The van der Waals surface area contributed by atoms with Crippen molar-refractivity contribution in [2.24, 2.45) is 0 Å². The van der Waals surface area contributed by atoms with E-state index in [0.717, 1.165) is 89.9 Å². The van der Waals surface area contributed by atoms with E-state index in [1.54, 1.807) is 0 Å². The van der Waals surface area contributed by atoms with Gasteiger partial charge in [-0.3, -0.25) is 19.2 Å². The van der Waals surface area contributed by atoms with Gasteiger partial charge in [0, 0.05) is 25.7 Å². The third-order valence-corrected chi connectivity index (χ3v) is 5.31. The van der Waals surface area contributed by atoms with Crippen molar-refractivity contribution in [1.82, 2.24) is 0 Å². The standard InChI is InChI=1S/C13H24O4.C12H22O4/c14-12(15)10-8-6-4-2-1-3-5-7-9-11-13(16)17;13-11(14)9-7-5-3-1-2-4-6-8-10-12(15)16/h1-11H2,(H,14,15)(H,16,17);1-10H2,(H,13,14)(H,15,16). The topological polar surface area (TPSA) is 149 Å².